The van der Waals surface area contributed by atoms with Crippen LogP contribution < -0.4 is 4.90 Å². The van der Waals surface area contributed by atoms with Crippen LogP contribution in [-0.4, -0.2) is 47.0 Å². The molecule has 0 bridgehead atoms. The molecule has 1 aliphatic heterocycles. The van der Waals surface area contributed by atoms with Crippen LogP contribution in [0.15, 0.2) is 30.6 Å². The molecule has 0 unspecified atom stereocenters. The normalized spacial score (nSPS) is 14.8. The highest BCUT2D eigenvalue weighted by Crippen LogP contribution is 2.34. The van der Waals surface area contributed by atoms with E-state index >= 15 is 0 Å². The number of nitrogens with zero attached hydrogens (tertiary/aromatic N) is 4. The Morgan fingerprint density at radius 2 is 1.74 bits per heavy atom. The third-order valence-corrected chi connectivity index (χ3v) is 6.47. The van der Waals surface area contributed by atoms with Gasteiger partial charge in [0.05, 0.1) is 11.8 Å². The van der Waals surface area contributed by atoms with Gasteiger partial charge in [-0.2, -0.15) is 0 Å². The van der Waals surface area contributed by atoms with E-state index in [1.54, 1.807) is 17.7 Å². The second-order valence-corrected chi connectivity index (χ2v) is 8.39. The second kappa shape index (κ2) is 7.27. The molecular formula is C21H24N4OS. The fourth-order valence-electron chi connectivity index (χ4n) is 3.56. The first kappa shape index (κ1) is 17.9. The summed E-state index contributed by atoms with van der Waals surface area (Å²) in [7, 11) is 0. The molecule has 27 heavy (non-hydrogen) atoms. The van der Waals surface area contributed by atoms with Gasteiger partial charge in [-0.05, 0) is 31.9 Å². The van der Waals surface area contributed by atoms with Gasteiger partial charge in [-0.1, -0.05) is 29.8 Å². The van der Waals surface area contributed by atoms with Crippen molar-refractivity contribution < 1.29 is 4.79 Å². The molecule has 4 rings (SSSR count). The van der Waals surface area contributed by atoms with Crippen LogP contribution in [0.3, 0.4) is 0 Å². The lowest BCUT2D eigenvalue weighted by Gasteiger charge is -2.35. The van der Waals surface area contributed by atoms with E-state index in [1.165, 1.54) is 21.4 Å². The Morgan fingerprint density at radius 3 is 2.44 bits per heavy atom. The Bertz CT molecular complexity index is 972. The number of hydrogen-bond donors (Lipinski definition) is 0. The molecule has 140 valence electrons. The first-order valence-electron chi connectivity index (χ1n) is 9.32. The Morgan fingerprint density at radius 1 is 1.04 bits per heavy atom. The summed E-state index contributed by atoms with van der Waals surface area (Å²) in [5.41, 5.74) is 3.56. The largest absolute Gasteiger partial charge is 0.352 e. The highest BCUT2D eigenvalue weighted by atomic mass is 32.1. The zero-order valence-corrected chi connectivity index (χ0v) is 16.8. The van der Waals surface area contributed by atoms with Gasteiger partial charge >= 0.3 is 0 Å². The molecule has 0 atom stereocenters. The number of benzene rings is 1. The third kappa shape index (κ3) is 3.54. The number of aryl methyl sites for hydroxylation is 3. The molecule has 5 nitrogen and oxygen atoms in total. The number of aromatic nitrogens is 2. The minimum Gasteiger partial charge on any atom is -0.352 e. The maximum absolute atomic E-state index is 12.6. The quantitative estimate of drug-likeness (QED) is 0.698. The predicted octanol–water partition coefficient (Wildman–Crippen LogP) is 3.51. The van der Waals surface area contributed by atoms with Gasteiger partial charge in [0.2, 0.25) is 5.91 Å². The Balaban J connectivity index is 1.45. The maximum Gasteiger partial charge on any atom is 0.227 e. The monoisotopic (exact) mass is 380 g/mol. The van der Waals surface area contributed by atoms with Crippen LogP contribution >= 0.6 is 11.3 Å². The van der Waals surface area contributed by atoms with Crippen molar-refractivity contribution in [3.63, 3.8) is 0 Å². The van der Waals surface area contributed by atoms with Crippen molar-refractivity contribution in [1.82, 2.24) is 14.9 Å². The Kier molecular flexibility index (Phi) is 4.83. The van der Waals surface area contributed by atoms with E-state index in [9.17, 15) is 4.79 Å². The first-order chi connectivity index (χ1) is 13.0. The van der Waals surface area contributed by atoms with Gasteiger partial charge < -0.3 is 9.80 Å². The van der Waals surface area contributed by atoms with Gasteiger partial charge in [-0.3, -0.25) is 4.79 Å². The SMILES string of the molecule is Cc1ccc(CC(=O)N2CCN(c3ncnc4sc(C)c(C)c34)CC2)cc1. The predicted molar refractivity (Wildman–Crippen MR) is 111 cm³/mol. The molecule has 3 heterocycles. The summed E-state index contributed by atoms with van der Waals surface area (Å²) in [5.74, 6) is 1.21. The van der Waals surface area contributed by atoms with Gasteiger partial charge in [0.15, 0.2) is 0 Å². The molecular weight excluding hydrogens is 356 g/mol. The van der Waals surface area contributed by atoms with E-state index in [4.69, 9.17) is 0 Å². The Hall–Kier alpha value is -2.47. The van der Waals surface area contributed by atoms with Crippen LogP contribution in [0.4, 0.5) is 5.82 Å². The van der Waals surface area contributed by atoms with E-state index in [2.05, 4.69) is 47.8 Å². The van der Waals surface area contributed by atoms with E-state index in [0.717, 1.165) is 42.4 Å². The standard InChI is InChI=1S/C21H24N4OS/c1-14-4-6-17(7-5-14)12-18(26)24-8-10-25(11-9-24)20-19-15(2)16(3)27-21(19)23-13-22-20/h4-7,13H,8-12H2,1-3H3. The molecule has 3 aromatic rings. The average molecular weight is 381 g/mol. The number of rotatable bonds is 3. The number of carbonyl (C=O) groups excluding carboxylic acids is 1. The van der Waals surface area contributed by atoms with Crippen molar-refractivity contribution in [2.75, 3.05) is 31.1 Å². The van der Waals surface area contributed by atoms with Crippen molar-refractivity contribution in [3.8, 4) is 0 Å². The number of hydrogen-bond acceptors (Lipinski definition) is 5. The van der Waals surface area contributed by atoms with Gasteiger partial charge in [0, 0.05) is 31.1 Å². The third-order valence-electron chi connectivity index (χ3n) is 5.35. The summed E-state index contributed by atoms with van der Waals surface area (Å²) < 4.78 is 0. The molecule has 2 aromatic heterocycles. The van der Waals surface area contributed by atoms with Crippen LogP contribution in [0.2, 0.25) is 0 Å². The first-order valence-corrected chi connectivity index (χ1v) is 10.1. The van der Waals surface area contributed by atoms with Crippen molar-refractivity contribution in [3.05, 3.63) is 52.2 Å². The smallest absolute Gasteiger partial charge is 0.227 e. The van der Waals surface area contributed by atoms with Crippen LogP contribution in [0.5, 0.6) is 0 Å². The molecule has 1 saturated heterocycles. The molecule has 0 N–H and O–H groups in total. The molecule has 1 aromatic carbocycles. The summed E-state index contributed by atoms with van der Waals surface area (Å²) in [6.07, 6.45) is 2.13. The Labute approximate surface area is 163 Å². The van der Waals surface area contributed by atoms with E-state index in [-0.39, 0.29) is 5.91 Å². The lowest BCUT2D eigenvalue weighted by Crippen LogP contribution is -2.49. The van der Waals surface area contributed by atoms with E-state index in [0.29, 0.717) is 6.42 Å². The van der Waals surface area contributed by atoms with Crippen LogP contribution in [0.1, 0.15) is 21.6 Å². The lowest BCUT2D eigenvalue weighted by atomic mass is 10.1. The van der Waals surface area contributed by atoms with Crippen molar-refractivity contribution in [1.29, 1.82) is 0 Å². The lowest BCUT2D eigenvalue weighted by molar-refractivity contribution is -0.130. The highest BCUT2D eigenvalue weighted by molar-refractivity contribution is 7.18. The fourth-order valence-corrected chi connectivity index (χ4v) is 4.56. The van der Waals surface area contributed by atoms with Crippen LogP contribution in [-0.2, 0) is 11.2 Å². The van der Waals surface area contributed by atoms with Gasteiger partial charge in [0.25, 0.3) is 0 Å². The molecule has 1 aliphatic rings. The minimum absolute atomic E-state index is 0.203. The van der Waals surface area contributed by atoms with Gasteiger partial charge in [-0.15, -0.1) is 11.3 Å². The molecule has 0 spiro atoms. The number of fused-ring (bicyclic) bond motifs is 1. The van der Waals surface area contributed by atoms with E-state index < -0.39 is 0 Å². The molecule has 0 saturated carbocycles. The van der Waals surface area contributed by atoms with Crippen LogP contribution in [0.25, 0.3) is 10.2 Å². The zero-order chi connectivity index (χ0) is 19.0. The van der Waals surface area contributed by atoms with Crippen molar-refractivity contribution in [2.24, 2.45) is 0 Å². The summed E-state index contributed by atoms with van der Waals surface area (Å²) in [6.45, 7) is 9.41. The van der Waals surface area contributed by atoms with Crippen LogP contribution in [0, 0.1) is 20.8 Å². The van der Waals surface area contributed by atoms with E-state index in [1.807, 2.05) is 17.0 Å². The molecule has 6 heteroatoms. The average Bonchev–Trinajstić information content (AvgIpc) is 2.98. The minimum atomic E-state index is 0.203. The summed E-state index contributed by atoms with van der Waals surface area (Å²) >= 11 is 1.72. The topological polar surface area (TPSA) is 49.3 Å². The fraction of sp³-hybridized carbons (Fsp3) is 0.381. The molecule has 1 fully saturated rings. The highest BCUT2D eigenvalue weighted by Gasteiger charge is 2.24. The molecule has 0 radical (unpaired) electrons. The van der Waals surface area contributed by atoms with Gasteiger partial charge in [0.1, 0.15) is 17.0 Å². The summed E-state index contributed by atoms with van der Waals surface area (Å²) in [6, 6.07) is 8.21. The maximum atomic E-state index is 12.6. The number of anilines is 1. The summed E-state index contributed by atoms with van der Waals surface area (Å²) in [4.78, 5) is 28.3. The van der Waals surface area contributed by atoms with Gasteiger partial charge in [-0.25, -0.2) is 9.97 Å². The number of thiophene rings is 1. The number of piperazine rings is 1. The van der Waals surface area contributed by atoms with Crippen molar-refractivity contribution in [2.45, 2.75) is 27.2 Å². The second-order valence-electron chi connectivity index (χ2n) is 7.19. The number of amides is 1. The molecule has 0 aliphatic carbocycles. The van der Waals surface area contributed by atoms with Crippen molar-refractivity contribution >= 4 is 33.3 Å². The molecule has 1 amide bonds. The zero-order valence-electron chi connectivity index (χ0n) is 16.0. The number of carbonyl (C=O) groups is 1. The summed E-state index contributed by atoms with van der Waals surface area (Å²) in [5, 5.41) is 1.17.